The van der Waals surface area contributed by atoms with Crippen molar-refractivity contribution in [3.8, 4) is 5.75 Å². The summed E-state index contributed by atoms with van der Waals surface area (Å²) in [6, 6.07) is 13.2. The van der Waals surface area contributed by atoms with E-state index in [0.29, 0.717) is 0 Å². The number of hydrogen-bond donors (Lipinski definition) is 2. The van der Waals surface area contributed by atoms with Crippen LogP contribution in [0.4, 0.5) is 20.2 Å². The molecule has 1 amide bonds. The van der Waals surface area contributed by atoms with Crippen LogP contribution in [0.3, 0.4) is 0 Å². The number of carbonyl (C=O) groups excluding carboxylic acids is 1. The first-order chi connectivity index (χ1) is 14.2. The first-order valence-electron chi connectivity index (χ1n) is 8.43. The van der Waals surface area contributed by atoms with Crippen molar-refractivity contribution in [1.29, 1.82) is 0 Å². The SMILES string of the molecule is COc1ccc(NC(=O)c2cccc(F)c2F)cc1S(=O)(=O)Nc1ccccc1Cl. The molecular weight excluding hydrogens is 438 g/mol. The molecule has 0 saturated carbocycles. The van der Waals surface area contributed by atoms with Crippen molar-refractivity contribution >= 4 is 38.9 Å². The van der Waals surface area contributed by atoms with Crippen LogP contribution in [0.2, 0.25) is 5.02 Å². The van der Waals surface area contributed by atoms with Gasteiger partial charge in [0.2, 0.25) is 0 Å². The van der Waals surface area contributed by atoms with Crippen LogP contribution in [-0.2, 0) is 10.0 Å². The van der Waals surface area contributed by atoms with Gasteiger partial charge >= 0.3 is 0 Å². The van der Waals surface area contributed by atoms with Gasteiger partial charge in [0.15, 0.2) is 11.6 Å². The summed E-state index contributed by atoms with van der Waals surface area (Å²) in [4.78, 5) is 12.0. The molecule has 0 heterocycles. The molecule has 3 aromatic carbocycles. The summed E-state index contributed by atoms with van der Waals surface area (Å²) in [5.74, 6) is -3.43. The number of rotatable bonds is 6. The molecule has 30 heavy (non-hydrogen) atoms. The lowest BCUT2D eigenvalue weighted by Crippen LogP contribution is -2.17. The first-order valence-corrected chi connectivity index (χ1v) is 10.3. The standard InChI is InChI=1S/C20H15ClF2N2O4S/c1-29-17-10-9-12(24-20(26)13-5-4-7-15(22)19(13)23)11-18(17)30(27,28)25-16-8-3-2-6-14(16)21/h2-11,25H,1H3,(H,24,26). The van der Waals surface area contributed by atoms with Crippen LogP contribution in [0.15, 0.2) is 65.6 Å². The van der Waals surface area contributed by atoms with E-state index in [2.05, 4.69) is 10.0 Å². The maximum atomic E-state index is 13.8. The molecule has 0 fully saturated rings. The molecule has 0 radical (unpaired) electrons. The molecule has 0 aromatic heterocycles. The summed E-state index contributed by atoms with van der Waals surface area (Å²) >= 11 is 6.01. The van der Waals surface area contributed by atoms with E-state index in [9.17, 15) is 22.0 Å². The number of ether oxygens (including phenoxy) is 1. The molecule has 10 heteroatoms. The number of methoxy groups -OCH3 is 1. The van der Waals surface area contributed by atoms with Crippen molar-refractivity contribution in [2.75, 3.05) is 17.1 Å². The first kappa shape index (κ1) is 21.5. The minimum atomic E-state index is -4.16. The second-order valence-electron chi connectivity index (χ2n) is 6.01. The smallest absolute Gasteiger partial charge is 0.265 e. The van der Waals surface area contributed by atoms with Gasteiger partial charge in [0, 0.05) is 5.69 Å². The topological polar surface area (TPSA) is 84.5 Å². The minimum Gasteiger partial charge on any atom is -0.495 e. The van der Waals surface area contributed by atoms with Gasteiger partial charge in [0.1, 0.15) is 10.6 Å². The molecule has 156 valence electrons. The molecule has 0 spiro atoms. The van der Waals surface area contributed by atoms with Gasteiger partial charge in [0.05, 0.1) is 23.4 Å². The maximum Gasteiger partial charge on any atom is 0.265 e. The van der Waals surface area contributed by atoms with Gasteiger partial charge in [-0.15, -0.1) is 0 Å². The number of benzene rings is 3. The Labute approximate surface area is 176 Å². The highest BCUT2D eigenvalue weighted by Crippen LogP contribution is 2.31. The number of hydrogen-bond acceptors (Lipinski definition) is 4. The molecule has 2 N–H and O–H groups in total. The van der Waals surface area contributed by atoms with Crippen molar-refractivity contribution in [2.24, 2.45) is 0 Å². The molecule has 0 bridgehead atoms. The number of nitrogens with one attached hydrogen (secondary N) is 2. The highest BCUT2D eigenvalue weighted by atomic mass is 35.5. The van der Waals surface area contributed by atoms with Gasteiger partial charge in [-0.2, -0.15) is 0 Å². The van der Waals surface area contributed by atoms with Gasteiger partial charge in [-0.25, -0.2) is 17.2 Å². The quantitative estimate of drug-likeness (QED) is 0.568. The highest BCUT2D eigenvalue weighted by Gasteiger charge is 2.22. The van der Waals surface area contributed by atoms with Gasteiger partial charge in [-0.3, -0.25) is 9.52 Å². The zero-order valence-electron chi connectivity index (χ0n) is 15.4. The van der Waals surface area contributed by atoms with E-state index in [1.54, 1.807) is 12.1 Å². The van der Waals surface area contributed by atoms with E-state index < -0.39 is 33.1 Å². The Bertz CT molecular complexity index is 1220. The highest BCUT2D eigenvalue weighted by molar-refractivity contribution is 7.92. The van der Waals surface area contributed by atoms with E-state index in [0.717, 1.165) is 18.2 Å². The second-order valence-corrected chi connectivity index (χ2v) is 8.06. The van der Waals surface area contributed by atoms with E-state index >= 15 is 0 Å². The zero-order valence-corrected chi connectivity index (χ0v) is 17.0. The van der Waals surface area contributed by atoms with Gasteiger partial charge in [-0.1, -0.05) is 29.8 Å². The van der Waals surface area contributed by atoms with Crippen LogP contribution >= 0.6 is 11.6 Å². The fourth-order valence-corrected chi connectivity index (χ4v) is 4.10. The molecule has 0 unspecified atom stereocenters. The van der Waals surface area contributed by atoms with E-state index in [-0.39, 0.29) is 27.0 Å². The predicted octanol–water partition coefficient (Wildman–Crippen LogP) is 4.68. The third kappa shape index (κ3) is 4.52. The van der Waals surface area contributed by atoms with Crippen LogP contribution < -0.4 is 14.8 Å². The Morgan fingerprint density at radius 2 is 1.77 bits per heavy atom. The Morgan fingerprint density at radius 3 is 2.47 bits per heavy atom. The average molecular weight is 453 g/mol. The van der Waals surface area contributed by atoms with E-state index in [4.69, 9.17) is 16.3 Å². The summed E-state index contributed by atoms with van der Waals surface area (Å²) in [5.41, 5.74) is -0.342. The van der Waals surface area contributed by atoms with Crippen molar-refractivity contribution in [2.45, 2.75) is 4.90 Å². The molecule has 6 nitrogen and oxygen atoms in total. The second kappa shape index (κ2) is 8.68. The molecule has 0 atom stereocenters. The number of halogens is 3. The average Bonchev–Trinajstić information content (AvgIpc) is 2.71. The van der Waals surface area contributed by atoms with Crippen LogP contribution in [0.5, 0.6) is 5.75 Å². The lowest BCUT2D eigenvalue weighted by Gasteiger charge is -2.14. The number of para-hydroxylation sites is 1. The van der Waals surface area contributed by atoms with Crippen LogP contribution in [0, 0.1) is 11.6 Å². The molecule has 3 rings (SSSR count). The van der Waals surface area contributed by atoms with Crippen molar-refractivity contribution in [3.63, 3.8) is 0 Å². The molecule has 3 aromatic rings. The number of anilines is 2. The molecular formula is C20H15ClF2N2O4S. The lowest BCUT2D eigenvalue weighted by atomic mass is 10.2. The van der Waals surface area contributed by atoms with Crippen LogP contribution in [-0.4, -0.2) is 21.4 Å². The third-order valence-corrected chi connectivity index (χ3v) is 5.74. The fraction of sp³-hybridized carbons (Fsp3) is 0.0500. The third-order valence-electron chi connectivity index (χ3n) is 4.03. The Kier molecular flexibility index (Phi) is 6.23. The molecule has 0 aliphatic carbocycles. The summed E-state index contributed by atoms with van der Waals surface area (Å²) in [6.07, 6.45) is 0. The number of sulfonamides is 1. The van der Waals surface area contributed by atoms with Crippen molar-refractivity contribution in [1.82, 2.24) is 0 Å². The minimum absolute atomic E-state index is 0.00416. The normalized spacial score (nSPS) is 11.1. The summed E-state index contributed by atoms with van der Waals surface area (Å²) in [5, 5.41) is 2.53. The predicted molar refractivity (Wildman–Crippen MR) is 110 cm³/mol. The lowest BCUT2D eigenvalue weighted by molar-refractivity contribution is 0.102. The summed E-state index contributed by atoms with van der Waals surface area (Å²) < 4.78 is 60.4. The monoisotopic (exact) mass is 452 g/mol. The zero-order chi connectivity index (χ0) is 21.9. The number of amides is 1. The number of carbonyl (C=O) groups is 1. The largest absolute Gasteiger partial charge is 0.495 e. The fourth-order valence-electron chi connectivity index (χ4n) is 2.59. The van der Waals surface area contributed by atoms with E-state index in [1.807, 2.05) is 0 Å². The van der Waals surface area contributed by atoms with Crippen LogP contribution in [0.1, 0.15) is 10.4 Å². The van der Waals surface area contributed by atoms with Crippen molar-refractivity contribution < 1.29 is 26.7 Å². The van der Waals surface area contributed by atoms with E-state index in [1.165, 1.54) is 37.4 Å². The molecule has 0 aliphatic heterocycles. The van der Waals surface area contributed by atoms with Crippen LogP contribution in [0.25, 0.3) is 0 Å². The Morgan fingerprint density at radius 1 is 1.03 bits per heavy atom. The van der Waals surface area contributed by atoms with Gasteiger partial charge in [0.25, 0.3) is 15.9 Å². The van der Waals surface area contributed by atoms with Gasteiger partial charge < -0.3 is 10.1 Å². The Balaban J connectivity index is 1.94. The Hall–Kier alpha value is -3.17. The summed E-state index contributed by atoms with van der Waals surface area (Å²) in [6.45, 7) is 0. The summed E-state index contributed by atoms with van der Waals surface area (Å²) in [7, 11) is -2.88. The van der Waals surface area contributed by atoms with Crippen molar-refractivity contribution in [3.05, 3.63) is 82.9 Å². The molecule has 0 aliphatic rings. The van der Waals surface area contributed by atoms with Gasteiger partial charge in [-0.05, 0) is 42.5 Å². The maximum absolute atomic E-state index is 13.8. The molecule has 0 saturated heterocycles.